The predicted molar refractivity (Wildman–Crippen MR) is 89.6 cm³/mol. The third-order valence-electron chi connectivity index (χ3n) is 2.92. The van der Waals surface area contributed by atoms with E-state index in [2.05, 4.69) is 43.8 Å². The molecule has 0 bridgehead atoms. The lowest BCUT2D eigenvalue weighted by molar-refractivity contribution is 0.101. The molecular formula is C18H22OS. The summed E-state index contributed by atoms with van der Waals surface area (Å²) in [5.74, 6) is 0.961. The van der Waals surface area contributed by atoms with Gasteiger partial charge < -0.3 is 0 Å². The lowest BCUT2D eigenvalue weighted by Gasteiger charge is -1.99. The van der Waals surface area contributed by atoms with Crippen LogP contribution in [-0.2, 0) is 12.2 Å². The molecule has 0 spiro atoms. The minimum absolute atomic E-state index is 0.121. The molecule has 0 aliphatic carbocycles. The maximum absolute atomic E-state index is 10.6. The highest BCUT2D eigenvalue weighted by atomic mass is 32.1. The Labute approximate surface area is 127 Å². The Hall–Kier alpha value is -1.54. The average Bonchev–Trinajstić information content (AvgIpc) is 2.50. The molecule has 2 aromatic rings. The van der Waals surface area contributed by atoms with Crippen LogP contribution in [0.4, 0.5) is 0 Å². The van der Waals surface area contributed by atoms with Gasteiger partial charge in [0.1, 0.15) is 0 Å². The second-order valence-corrected chi connectivity index (χ2v) is 4.96. The summed E-state index contributed by atoms with van der Waals surface area (Å²) >= 11 is 4.20. The van der Waals surface area contributed by atoms with Gasteiger partial charge in [-0.05, 0) is 24.5 Å². The monoisotopic (exact) mass is 286 g/mol. The first-order valence-electron chi connectivity index (χ1n) is 6.92. The number of carbonyl (C=O) groups excluding carboxylic acids is 1. The molecule has 2 rings (SSSR count). The van der Waals surface area contributed by atoms with Gasteiger partial charge in [-0.15, -0.1) is 0 Å². The Bertz CT molecular complexity index is 503. The van der Waals surface area contributed by atoms with E-state index in [-0.39, 0.29) is 5.78 Å². The molecule has 0 saturated heterocycles. The van der Waals surface area contributed by atoms with Crippen LogP contribution >= 0.6 is 12.6 Å². The minimum Gasteiger partial charge on any atom is -0.295 e. The van der Waals surface area contributed by atoms with Crippen molar-refractivity contribution in [1.82, 2.24) is 0 Å². The predicted octanol–water partition coefficient (Wildman–Crippen LogP) is 4.96. The smallest absolute Gasteiger partial charge is 0.159 e. The topological polar surface area (TPSA) is 17.1 Å². The Kier molecular flexibility index (Phi) is 7.74. The Balaban J connectivity index is 0.000000204. The summed E-state index contributed by atoms with van der Waals surface area (Å²) < 4.78 is 0. The van der Waals surface area contributed by atoms with Crippen LogP contribution in [-0.4, -0.2) is 5.78 Å². The van der Waals surface area contributed by atoms with Gasteiger partial charge in [0.25, 0.3) is 0 Å². The molecule has 2 aromatic carbocycles. The highest BCUT2D eigenvalue weighted by Gasteiger charge is 1.93. The number of hydrogen-bond donors (Lipinski definition) is 1. The summed E-state index contributed by atoms with van der Waals surface area (Å²) in [6, 6.07) is 17.9. The second kappa shape index (κ2) is 9.38. The minimum atomic E-state index is 0.121. The third-order valence-corrected chi connectivity index (χ3v) is 3.29. The van der Waals surface area contributed by atoms with Gasteiger partial charge in [0.15, 0.2) is 5.78 Å². The number of ketones is 1. The number of Topliss-reactive ketones (excluding diaryl/α,β-unsaturated/α-hetero) is 1. The van der Waals surface area contributed by atoms with E-state index in [1.165, 1.54) is 24.0 Å². The van der Waals surface area contributed by atoms with Crippen LogP contribution < -0.4 is 0 Å². The van der Waals surface area contributed by atoms with Crippen LogP contribution in [0.1, 0.15) is 41.8 Å². The molecule has 0 amide bonds. The summed E-state index contributed by atoms with van der Waals surface area (Å²) in [5.41, 5.74) is 3.50. The Morgan fingerprint density at radius 3 is 1.90 bits per heavy atom. The van der Waals surface area contributed by atoms with Gasteiger partial charge in [0.2, 0.25) is 0 Å². The summed E-state index contributed by atoms with van der Waals surface area (Å²) in [4.78, 5) is 10.6. The molecule has 0 radical (unpaired) electrons. The molecule has 0 aliphatic heterocycles. The second-order valence-electron chi connectivity index (χ2n) is 4.65. The maximum Gasteiger partial charge on any atom is 0.159 e. The van der Waals surface area contributed by atoms with Crippen LogP contribution in [0.5, 0.6) is 0 Å². The zero-order chi connectivity index (χ0) is 14.8. The molecular weight excluding hydrogens is 264 g/mol. The molecule has 0 N–H and O–H groups in total. The van der Waals surface area contributed by atoms with Gasteiger partial charge in [-0.1, -0.05) is 67.9 Å². The van der Waals surface area contributed by atoms with Crippen molar-refractivity contribution >= 4 is 18.4 Å². The zero-order valence-corrected chi connectivity index (χ0v) is 13.1. The SMILES string of the molecule is CC(=O)c1ccccc1.CCCc1ccc(CS)cc1. The maximum atomic E-state index is 10.6. The van der Waals surface area contributed by atoms with Gasteiger partial charge in [-0.2, -0.15) is 12.6 Å². The third kappa shape index (κ3) is 6.07. The lowest BCUT2D eigenvalue weighted by atomic mass is 10.1. The fraction of sp³-hybridized carbons (Fsp3) is 0.278. The van der Waals surface area contributed by atoms with Crippen molar-refractivity contribution in [2.45, 2.75) is 32.4 Å². The van der Waals surface area contributed by atoms with Crippen molar-refractivity contribution in [2.24, 2.45) is 0 Å². The highest BCUT2D eigenvalue weighted by Crippen LogP contribution is 2.07. The molecule has 106 valence electrons. The van der Waals surface area contributed by atoms with Crippen LogP contribution in [0.25, 0.3) is 0 Å². The van der Waals surface area contributed by atoms with Crippen molar-refractivity contribution in [3.05, 3.63) is 71.3 Å². The van der Waals surface area contributed by atoms with Gasteiger partial charge in [-0.25, -0.2) is 0 Å². The fourth-order valence-electron chi connectivity index (χ4n) is 1.77. The van der Waals surface area contributed by atoms with E-state index in [1.807, 2.05) is 30.3 Å². The van der Waals surface area contributed by atoms with Gasteiger partial charge in [0, 0.05) is 11.3 Å². The Morgan fingerprint density at radius 2 is 1.50 bits per heavy atom. The van der Waals surface area contributed by atoms with E-state index in [0.29, 0.717) is 0 Å². The van der Waals surface area contributed by atoms with Crippen LogP contribution in [0.3, 0.4) is 0 Å². The largest absolute Gasteiger partial charge is 0.295 e. The van der Waals surface area contributed by atoms with E-state index >= 15 is 0 Å². The summed E-state index contributed by atoms with van der Waals surface area (Å²) in [6.45, 7) is 3.77. The first-order chi connectivity index (χ1) is 9.67. The molecule has 0 fully saturated rings. The van der Waals surface area contributed by atoms with E-state index in [1.54, 1.807) is 6.92 Å². The summed E-state index contributed by atoms with van der Waals surface area (Å²) in [6.07, 6.45) is 2.41. The molecule has 0 heterocycles. The van der Waals surface area contributed by atoms with Crippen LogP contribution in [0.15, 0.2) is 54.6 Å². The van der Waals surface area contributed by atoms with Crippen LogP contribution in [0, 0.1) is 0 Å². The summed E-state index contributed by atoms with van der Waals surface area (Å²) in [7, 11) is 0. The van der Waals surface area contributed by atoms with E-state index in [0.717, 1.165) is 11.3 Å². The number of carbonyl (C=O) groups is 1. The van der Waals surface area contributed by atoms with Gasteiger partial charge >= 0.3 is 0 Å². The molecule has 0 atom stereocenters. The van der Waals surface area contributed by atoms with Crippen molar-refractivity contribution in [1.29, 1.82) is 0 Å². The van der Waals surface area contributed by atoms with Crippen molar-refractivity contribution in [3.8, 4) is 0 Å². The average molecular weight is 286 g/mol. The van der Waals surface area contributed by atoms with Gasteiger partial charge in [-0.3, -0.25) is 4.79 Å². The number of rotatable bonds is 4. The molecule has 0 aromatic heterocycles. The normalized spacial score (nSPS) is 9.55. The number of thiol groups is 1. The lowest BCUT2D eigenvalue weighted by Crippen LogP contribution is -1.88. The fourth-order valence-corrected chi connectivity index (χ4v) is 1.98. The molecule has 2 heteroatoms. The zero-order valence-electron chi connectivity index (χ0n) is 12.2. The Morgan fingerprint density at radius 1 is 0.950 bits per heavy atom. The van der Waals surface area contributed by atoms with E-state index in [4.69, 9.17) is 0 Å². The first kappa shape index (κ1) is 16.5. The molecule has 1 nitrogen and oxygen atoms in total. The van der Waals surface area contributed by atoms with Crippen molar-refractivity contribution in [3.63, 3.8) is 0 Å². The first-order valence-corrected chi connectivity index (χ1v) is 7.55. The quantitative estimate of drug-likeness (QED) is 0.621. The van der Waals surface area contributed by atoms with Crippen molar-refractivity contribution in [2.75, 3.05) is 0 Å². The van der Waals surface area contributed by atoms with Gasteiger partial charge in [0.05, 0.1) is 0 Å². The molecule has 20 heavy (non-hydrogen) atoms. The van der Waals surface area contributed by atoms with Crippen LogP contribution in [0.2, 0.25) is 0 Å². The number of hydrogen-bond acceptors (Lipinski definition) is 2. The van der Waals surface area contributed by atoms with E-state index in [9.17, 15) is 4.79 Å². The molecule has 0 unspecified atom stereocenters. The standard InChI is InChI=1S/C10H14S.C8H8O/c1-2-3-9-4-6-10(8-11)7-5-9;1-7(9)8-5-3-2-4-6-8/h4-7,11H,2-3,8H2,1H3;2-6H,1H3. The molecule has 0 saturated carbocycles. The molecule has 0 aliphatic rings. The number of benzene rings is 2. The highest BCUT2D eigenvalue weighted by molar-refractivity contribution is 7.79. The van der Waals surface area contributed by atoms with E-state index < -0.39 is 0 Å². The summed E-state index contributed by atoms with van der Waals surface area (Å²) in [5, 5.41) is 0. The number of aryl methyl sites for hydroxylation is 1. The van der Waals surface area contributed by atoms with Crippen molar-refractivity contribution < 1.29 is 4.79 Å².